The van der Waals surface area contributed by atoms with E-state index in [4.69, 9.17) is 0 Å². The van der Waals surface area contributed by atoms with E-state index >= 15 is 0 Å². The first-order valence-electron chi connectivity index (χ1n) is 10.7. The van der Waals surface area contributed by atoms with E-state index in [0.29, 0.717) is 18.7 Å². The van der Waals surface area contributed by atoms with E-state index in [1.165, 1.54) is 17.2 Å². The molecule has 0 fully saturated rings. The first-order chi connectivity index (χ1) is 15.6. The van der Waals surface area contributed by atoms with Crippen LogP contribution in [0.4, 0.5) is 0 Å². The average molecular weight is 424 g/mol. The van der Waals surface area contributed by atoms with Crippen LogP contribution in [-0.2, 0) is 0 Å². The predicted molar refractivity (Wildman–Crippen MR) is 126 cm³/mol. The molecule has 0 atom stereocenters. The highest BCUT2D eigenvalue weighted by atomic mass is 16.2. The lowest BCUT2D eigenvalue weighted by Crippen LogP contribution is -2.33. The lowest BCUT2D eigenvalue weighted by Gasteiger charge is -2.18. The molecule has 0 spiro atoms. The van der Waals surface area contributed by atoms with Gasteiger partial charge in [0.25, 0.3) is 5.91 Å². The van der Waals surface area contributed by atoms with Gasteiger partial charge in [0.15, 0.2) is 5.69 Å². The van der Waals surface area contributed by atoms with Crippen LogP contribution in [0.5, 0.6) is 0 Å². The van der Waals surface area contributed by atoms with Crippen molar-refractivity contribution in [1.82, 2.24) is 15.1 Å². The molecule has 1 heterocycles. The molecule has 0 saturated carbocycles. The Kier molecular flexibility index (Phi) is 6.56. The smallest absolute Gasteiger partial charge is 0.275 e. The van der Waals surface area contributed by atoms with Crippen LogP contribution in [0.2, 0.25) is 0 Å². The van der Waals surface area contributed by atoms with Crippen LogP contribution >= 0.6 is 0 Å². The second-order valence-corrected chi connectivity index (χ2v) is 7.66. The Morgan fingerprint density at radius 2 is 1.41 bits per heavy atom. The zero-order valence-corrected chi connectivity index (χ0v) is 17.9. The number of aromatic nitrogens is 2. The van der Waals surface area contributed by atoms with E-state index in [1.807, 2.05) is 66.7 Å². The van der Waals surface area contributed by atoms with Gasteiger partial charge in [-0.3, -0.25) is 9.59 Å². The molecule has 32 heavy (non-hydrogen) atoms. The molecular formula is C27H25N3O2. The van der Waals surface area contributed by atoms with Crippen LogP contribution in [0.15, 0.2) is 102 Å². The van der Waals surface area contributed by atoms with Crippen molar-refractivity contribution in [2.24, 2.45) is 0 Å². The van der Waals surface area contributed by atoms with Crippen LogP contribution in [-0.4, -0.2) is 22.2 Å². The molecule has 0 saturated heterocycles. The van der Waals surface area contributed by atoms with Gasteiger partial charge in [-0.25, -0.2) is 4.68 Å². The monoisotopic (exact) mass is 423 g/mol. The van der Waals surface area contributed by atoms with Gasteiger partial charge in [0.2, 0.25) is 5.43 Å². The zero-order valence-electron chi connectivity index (χ0n) is 17.9. The van der Waals surface area contributed by atoms with Gasteiger partial charge in [-0.1, -0.05) is 78.9 Å². The summed E-state index contributed by atoms with van der Waals surface area (Å²) in [6.45, 7) is 2.22. The van der Waals surface area contributed by atoms with Gasteiger partial charge >= 0.3 is 0 Å². The number of benzene rings is 3. The average Bonchev–Trinajstić information content (AvgIpc) is 2.83. The number of nitrogens with zero attached hydrogens (tertiary/aromatic N) is 2. The number of hydrogen-bond donors (Lipinski definition) is 1. The fraction of sp³-hybridized carbons (Fsp3) is 0.148. The molecule has 0 radical (unpaired) electrons. The van der Waals surface area contributed by atoms with Crippen molar-refractivity contribution in [3.05, 3.63) is 130 Å². The standard InChI is InChI=1S/C27H25N3O2/c1-20-19-25(31)26(29-30(20)23-15-9-4-10-16-23)27(32)28-18-17-24(21-11-5-2-6-12-21)22-13-7-3-8-14-22/h2-16,19,24H,17-18H2,1H3,(H,28,32). The van der Waals surface area contributed by atoms with Gasteiger partial charge in [-0.05, 0) is 36.6 Å². The summed E-state index contributed by atoms with van der Waals surface area (Å²) >= 11 is 0. The van der Waals surface area contributed by atoms with E-state index in [2.05, 4.69) is 34.7 Å². The third-order valence-electron chi connectivity index (χ3n) is 5.45. The van der Waals surface area contributed by atoms with E-state index in [1.54, 1.807) is 11.6 Å². The lowest BCUT2D eigenvalue weighted by atomic mass is 9.88. The minimum Gasteiger partial charge on any atom is -0.350 e. The van der Waals surface area contributed by atoms with Crippen LogP contribution in [0.25, 0.3) is 5.69 Å². The molecule has 0 aliphatic rings. The van der Waals surface area contributed by atoms with Gasteiger partial charge in [-0.2, -0.15) is 5.10 Å². The number of carbonyl (C=O) groups excluding carboxylic acids is 1. The SMILES string of the molecule is Cc1cc(=O)c(C(=O)NCCC(c2ccccc2)c2ccccc2)nn1-c1ccccc1. The molecule has 1 aromatic heterocycles. The molecule has 0 bridgehead atoms. The minimum absolute atomic E-state index is 0.101. The summed E-state index contributed by atoms with van der Waals surface area (Å²) in [7, 11) is 0. The topological polar surface area (TPSA) is 64.0 Å². The molecule has 4 aromatic rings. The molecule has 5 heteroatoms. The highest BCUT2D eigenvalue weighted by molar-refractivity contribution is 5.92. The first kappa shape index (κ1) is 21.2. The van der Waals surface area contributed by atoms with E-state index < -0.39 is 5.91 Å². The fourth-order valence-electron chi connectivity index (χ4n) is 3.85. The molecule has 0 unspecified atom stereocenters. The van der Waals surface area contributed by atoms with Crippen molar-refractivity contribution >= 4 is 5.91 Å². The number of para-hydroxylation sites is 1. The Hall–Kier alpha value is -3.99. The number of carbonyl (C=O) groups is 1. The largest absolute Gasteiger partial charge is 0.350 e. The summed E-state index contributed by atoms with van der Waals surface area (Å²) in [4.78, 5) is 25.3. The zero-order chi connectivity index (χ0) is 22.3. The van der Waals surface area contributed by atoms with Gasteiger partial charge in [-0.15, -0.1) is 0 Å². The second kappa shape index (κ2) is 9.88. The van der Waals surface area contributed by atoms with Crippen molar-refractivity contribution < 1.29 is 4.79 Å². The number of aryl methyl sites for hydroxylation is 1. The van der Waals surface area contributed by atoms with Crippen molar-refractivity contribution in [1.29, 1.82) is 0 Å². The maximum Gasteiger partial charge on any atom is 0.275 e. The summed E-state index contributed by atoms with van der Waals surface area (Å²) in [5.41, 5.74) is 3.36. The quantitative estimate of drug-likeness (QED) is 0.476. The number of nitrogens with one attached hydrogen (secondary N) is 1. The Morgan fingerprint density at radius 1 is 0.875 bits per heavy atom. The van der Waals surface area contributed by atoms with E-state index in [-0.39, 0.29) is 17.0 Å². The molecule has 0 aliphatic carbocycles. The summed E-state index contributed by atoms with van der Waals surface area (Å²) < 4.78 is 1.62. The third kappa shape index (κ3) is 4.83. The molecule has 4 rings (SSSR count). The summed E-state index contributed by atoms with van der Waals surface area (Å²) in [6, 6.07) is 31.4. The highest BCUT2D eigenvalue weighted by Gasteiger charge is 2.17. The lowest BCUT2D eigenvalue weighted by molar-refractivity contribution is 0.0945. The Bertz CT molecular complexity index is 1200. The molecular weight excluding hydrogens is 398 g/mol. The van der Waals surface area contributed by atoms with Crippen LogP contribution in [0, 0.1) is 6.92 Å². The Balaban J connectivity index is 1.51. The number of amides is 1. The molecule has 160 valence electrons. The van der Waals surface area contributed by atoms with Crippen molar-refractivity contribution in [3.8, 4) is 5.69 Å². The van der Waals surface area contributed by atoms with E-state index in [0.717, 1.165) is 5.69 Å². The molecule has 1 amide bonds. The summed E-state index contributed by atoms with van der Waals surface area (Å²) in [5.74, 6) is -0.316. The van der Waals surface area contributed by atoms with Gasteiger partial charge < -0.3 is 5.32 Å². The third-order valence-corrected chi connectivity index (χ3v) is 5.45. The molecule has 1 N–H and O–H groups in total. The maximum atomic E-state index is 12.8. The fourth-order valence-corrected chi connectivity index (χ4v) is 3.85. The molecule has 3 aromatic carbocycles. The first-order valence-corrected chi connectivity index (χ1v) is 10.7. The highest BCUT2D eigenvalue weighted by Crippen LogP contribution is 2.27. The van der Waals surface area contributed by atoms with Crippen molar-refractivity contribution in [2.45, 2.75) is 19.3 Å². The maximum absolute atomic E-state index is 12.8. The second-order valence-electron chi connectivity index (χ2n) is 7.66. The summed E-state index contributed by atoms with van der Waals surface area (Å²) in [6.07, 6.45) is 0.707. The molecule has 0 aliphatic heterocycles. The minimum atomic E-state index is -0.459. The number of rotatable bonds is 7. The van der Waals surface area contributed by atoms with Crippen molar-refractivity contribution in [3.63, 3.8) is 0 Å². The van der Waals surface area contributed by atoms with Crippen LogP contribution in [0.1, 0.15) is 39.6 Å². The van der Waals surface area contributed by atoms with Gasteiger partial charge in [0, 0.05) is 24.2 Å². The van der Waals surface area contributed by atoms with Gasteiger partial charge in [0.1, 0.15) is 0 Å². The molecule has 5 nitrogen and oxygen atoms in total. The number of hydrogen-bond acceptors (Lipinski definition) is 3. The predicted octanol–water partition coefficient (Wildman–Crippen LogP) is 4.49. The Labute approximate surface area is 187 Å². The van der Waals surface area contributed by atoms with Crippen LogP contribution in [0.3, 0.4) is 0 Å². The van der Waals surface area contributed by atoms with Gasteiger partial charge in [0.05, 0.1) is 5.69 Å². The summed E-state index contributed by atoms with van der Waals surface area (Å²) in [5, 5.41) is 7.24. The van der Waals surface area contributed by atoms with Crippen molar-refractivity contribution in [2.75, 3.05) is 6.54 Å². The van der Waals surface area contributed by atoms with E-state index in [9.17, 15) is 9.59 Å². The Morgan fingerprint density at radius 3 is 1.97 bits per heavy atom. The van der Waals surface area contributed by atoms with Crippen LogP contribution < -0.4 is 10.7 Å². The normalized spacial score (nSPS) is 10.8.